The number of aryl methyl sites for hydroxylation is 1. The molecule has 1 aromatic carbocycles. The summed E-state index contributed by atoms with van der Waals surface area (Å²) in [4.78, 5) is 0. The molecule has 1 fully saturated rings. The van der Waals surface area contributed by atoms with Gasteiger partial charge in [-0.1, -0.05) is 0 Å². The molecule has 0 aromatic heterocycles. The molecule has 1 heterocycles. The summed E-state index contributed by atoms with van der Waals surface area (Å²) < 4.78 is 13.3. The lowest BCUT2D eigenvalue weighted by Crippen LogP contribution is -2.41. The fourth-order valence-electron chi connectivity index (χ4n) is 2.15. The van der Waals surface area contributed by atoms with Gasteiger partial charge < -0.3 is 5.32 Å². The van der Waals surface area contributed by atoms with E-state index in [-0.39, 0.29) is 11.1 Å². The summed E-state index contributed by atoms with van der Waals surface area (Å²) in [5.74, 6) is 0.703. The van der Waals surface area contributed by atoms with E-state index in [9.17, 15) is 9.65 Å². The van der Waals surface area contributed by atoms with Gasteiger partial charge >= 0.3 is 0 Å². The topological polar surface area (TPSA) is 35.8 Å². The monoisotopic (exact) mass is 250 g/mol. The van der Waals surface area contributed by atoms with Crippen molar-refractivity contribution in [2.75, 3.05) is 11.1 Å². The number of benzene rings is 1. The van der Waals surface area contributed by atoms with Crippen LogP contribution in [0.15, 0.2) is 18.2 Å². The number of nitrogens with zero attached hydrogens (tertiary/aromatic N) is 1. The lowest BCUT2D eigenvalue weighted by Gasteiger charge is -2.27. The van der Waals surface area contributed by atoms with E-state index in [0.29, 0.717) is 5.69 Å². The first kappa shape index (κ1) is 12.3. The van der Waals surface area contributed by atoms with Gasteiger partial charge in [-0.15, -0.1) is 0 Å². The normalized spacial score (nSPS) is 27.8. The molecule has 1 aliphatic rings. The van der Waals surface area contributed by atoms with Gasteiger partial charge in [0, 0.05) is 10.9 Å². The van der Waals surface area contributed by atoms with Gasteiger partial charge in [0.15, 0.2) is 0 Å². The molecule has 1 saturated heterocycles. The van der Waals surface area contributed by atoms with E-state index in [1.807, 2.05) is 19.9 Å². The molecule has 0 saturated carbocycles. The van der Waals surface area contributed by atoms with Crippen molar-refractivity contribution in [3.63, 3.8) is 0 Å². The molecule has 0 bridgehead atoms. The van der Waals surface area contributed by atoms with Gasteiger partial charge in [-0.2, -0.15) is 17.0 Å². The number of thioether (sulfide) groups is 1. The van der Waals surface area contributed by atoms with E-state index in [4.69, 9.17) is 0 Å². The Morgan fingerprint density at radius 1 is 1.53 bits per heavy atom. The summed E-state index contributed by atoms with van der Waals surface area (Å²) >= 11 is 1.78. The van der Waals surface area contributed by atoms with Crippen molar-refractivity contribution in [1.82, 2.24) is 0 Å². The lowest BCUT2D eigenvalue weighted by molar-refractivity contribution is 0.589. The van der Waals surface area contributed by atoms with E-state index in [1.54, 1.807) is 11.8 Å². The van der Waals surface area contributed by atoms with Crippen LogP contribution in [0.3, 0.4) is 0 Å². The Balaban J connectivity index is 2.28. The average Bonchev–Trinajstić information content (AvgIpc) is 2.59. The maximum atomic E-state index is 13.3. The van der Waals surface area contributed by atoms with Crippen molar-refractivity contribution in [2.24, 2.45) is 0 Å². The predicted molar refractivity (Wildman–Crippen MR) is 69.6 cm³/mol. The third kappa shape index (κ3) is 2.39. The molecule has 0 spiro atoms. The van der Waals surface area contributed by atoms with Crippen LogP contribution < -0.4 is 5.32 Å². The van der Waals surface area contributed by atoms with Crippen molar-refractivity contribution in [1.29, 1.82) is 5.26 Å². The van der Waals surface area contributed by atoms with Crippen LogP contribution in [0, 0.1) is 24.1 Å². The van der Waals surface area contributed by atoms with Crippen molar-refractivity contribution in [3.8, 4) is 6.07 Å². The van der Waals surface area contributed by atoms with Gasteiger partial charge in [-0.05, 0) is 49.8 Å². The minimum Gasteiger partial charge on any atom is -0.366 e. The first-order chi connectivity index (χ1) is 8.05. The van der Waals surface area contributed by atoms with Crippen LogP contribution in [0.25, 0.3) is 0 Å². The number of halogens is 1. The third-order valence-electron chi connectivity index (χ3n) is 3.17. The van der Waals surface area contributed by atoms with Gasteiger partial charge in [-0.3, -0.25) is 0 Å². The SMILES string of the molecule is Cc1cc(F)cc(NC2(C#N)CCSC2C)c1. The lowest BCUT2D eigenvalue weighted by atomic mass is 9.94. The largest absolute Gasteiger partial charge is 0.366 e. The number of anilines is 1. The number of nitrogens with one attached hydrogen (secondary N) is 1. The van der Waals surface area contributed by atoms with Gasteiger partial charge in [0.1, 0.15) is 11.4 Å². The maximum absolute atomic E-state index is 13.3. The van der Waals surface area contributed by atoms with E-state index in [2.05, 4.69) is 11.4 Å². The molecule has 2 nitrogen and oxygen atoms in total. The van der Waals surface area contributed by atoms with Gasteiger partial charge in [-0.25, -0.2) is 4.39 Å². The van der Waals surface area contributed by atoms with E-state index in [0.717, 1.165) is 17.7 Å². The van der Waals surface area contributed by atoms with E-state index in [1.165, 1.54) is 12.1 Å². The Bertz CT molecular complexity index is 449. The standard InChI is InChI=1S/C13H15FN2S/c1-9-5-11(14)7-12(6-9)16-13(8-15)3-4-17-10(13)2/h5-7,10,16H,3-4H2,1-2H3. The molecule has 1 N–H and O–H groups in total. The number of rotatable bonds is 2. The molecular formula is C13H15FN2S. The highest BCUT2D eigenvalue weighted by Crippen LogP contribution is 2.38. The summed E-state index contributed by atoms with van der Waals surface area (Å²) in [5.41, 5.74) is 0.988. The molecule has 2 rings (SSSR count). The Morgan fingerprint density at radius 2 is 2.29 bits per heavy atom. The van der Waals surface area contributed by atoms with Crippen LogP contribution in [-0.2, 0) is 0 Å². The zero-order chi connectivity index (χ0) is 12.5. The predicted octanol–water partition coefficient (Wildman–Crippen LogP) is 3.33. The highest BCUT2D eigenvalue weighted by molar-refractivity contribution is 8.00. The first-order valence-corrected chi connectivity index (χ1v) is 6.69. The Hall–Kier alpha value is -1.21. The fourth-order valence-corrected chi connectivity index (χ4v) is 3.45. The quantitative estimate of drug-likeness (QED) is 0.874. The molecule has 0 aliphatic carbocycles. The summed E-state index contributed by atoms with van der Waals surface area (Å²) in [7, 11) is 0. The molecule has 90 valence electrons. The maximum Gasteiger partial charge on any atom is 0.137 e. The number of hydrogen-bond acceptors (Lipinski definition) is 3. The second kappa shape index (κ2) is 4.58. The summed E-state index contributed by atoms with van der Waals surface area (Å²) in [6.45, 7) is 3.89. The van der Waals surface area contributed by atoms with Crippen LogP contribution in [0.2, 0.25) is 0 Å². The highest BCUT2D eigenvalue weighted by Gasteiger charge is 2.41. The molecule has 2 atom stereocenters. The third-order valence-corrected chi connectivity index (χ3v) is 4.51. The van der Waals surface area contributed by atoms with E-state index >= 15 is 0 Å². The molecule has 17 heavy (non-hydrogen) atoms. The number of hydrogen-bond donors (Lipinski definition) is 1. The second-order valence-corrected chi connectivity index (χ2v) is 5.94. The van der Waals surface area contributed by atoms with Crippen LogP contribution in [0.1, 0.15) is 18.9 Å². The van der Waals surface area contributed by atoms with Crippen molar-refractivity contribution in [3.05, 3.63) is 29.6 Å². The van der Waals surface area contributed by atoms with E-state index < -0.39 is 5.54 Å². The summed E-state index contributed by atoms with van der Waals surface area (Å²) in [6, 6.07) is 7.16. The molecule has 4 heteroatoms. The number of nitriles is 1. The average molecular weight is 250 g/mol. The minimum atomic E-state index is -0.565. The first-order valence-electron chi connectivity index (χ1n) is 5.64. The fraction of sp³-hybridized carbons (Fsp3) is 0.462. The molecule has 0 radical (unpaired) electrons. The van der Waals surface area contributed by atoms with Crippen LogP contribution in [-0.4, -0.2) is 16.5 Å². The highest BCUT2D eigenvalue weighted by atomic mass is 32.2. The molecule has 1 aromatic rings. The van der Waals surface area contributed by atoms with Crippen molar-refractivity contribution in [2.45, 2.75) is 31.1 Å². The zero-order valence-electron chi connectivity index (χ0n) is 9.96. The Labute approximate surface area is 105 Å². The Morgan fingerprint density at radius 3 is 2.82 bits per heavy atom. The molecule has 0 amide bonds. The minimum absolute atomic E-state index is 0.219. The van der Waals surface area contributed by atoms with Crippen LogP contribution in [0.4, 0.5) is 10.1 Å². The van der Waals surface area contributed by atoms with Crippen molar-refractivity contribution >= 4 is 17.4 Å². The smallest absolute Gasteiger partial charge is 0.137 e. The Kier molecular flexibility index (Phi) is 3.30. The molecular weight excluding hydrogens is 235 g/mol. The van der Waals surface area contributed by atoms with Crippen LogP contribution in [0.5, 0.6) is 0 Å². The van der Waals surface area contributed by atoms with Gasteiger partial charge in [0.25, 0.3) is 0 Å². The van der Waals surface area contributed by atoms with Crippen LogP contribution >= 0.6 is 11.8 Å². The van der Waals surface area contributed by atoms with Crippen molar-refractivity contribution < 1.29 is 4.39 Å². The van der Waals surface area contributed by atoms with Gasteiger partial charge in [0.05, 0.1) is 6.07 Å². The molecule has 1 aliphatic heterocycles. The summed E-state index contributed by atoms with van der Waals surface area (Å²) in [5, 5.41) is 12.8. The summed E-state index contributed by atoms with van der Waals surface area (Å²) in [6.07, 6.45) is 0.797. The zero-order valence-corrected chi connectivity index (χ0v) is 10.8. The molecule has 2 unspecified atom stereocenters. The van der Waals surface area contributed by atoms with Gasteiger partial charge in [0.2, 0.25) is 0 Å². The second-order valence-electron chi connectivity index (χ2n) is 4.49.